The number of aromatic nitrogens is 1. The van der Waals surface area contributed by atoms with Crippen LogP contribution in [0.5, 0.6) is 0 Å². The second-order valence-electron chi connectivity index (χ2n) is 6.06. The first-order valence-electron chi connectivity index (χ1n) is 8.35. The minimum atomic E-state index is -0.0757. The summed E-state index contributed by atoms with van der Waals surface area (Å²) in [6.07, 6.45) is 1.99. The lowest BCUT2D eigenvalue weighted by Gasteiger charge is -2.09. The Balaban J connectivity index is 2.20. The van der Waals surface area contributed by atoms with Crippen molar-refractivity contribution in [3.63, 3.8) is 0 Å². The van der Waals surface area contributed by atoms with Crippen LogP contribution in [-0.4, -0.2) is 17.0 Å². The van der Waals surface area contributed by atoms with Crippen LogP contribution < -0.4 is 5.32 Å². The highest BCUT2D eigenvalue weighted by Crippen LogP contribution is 2.36. The summed E-state index contributed by atoms with van der Waals surface area (Å²) >= 11 is 12.2. The molecule has 1 amide bonds. The molecule has 0 saturated heterocycles. The van der Waals surface area contributed by atoms with E-state index in [1.54, 1.807) is 0 Å². The molecule has 3 aromatic rings. The fraction of sp³-hybridized carbons (Fsp3) is 0.250. The van der Waals surface area contributed by atoms with Crippen LogP contribution in [0.1, 0.15) is 30.3 Å². The number of halogens is 2. The molecule has 1 heterocycles. The summed E-state index contributed by atoms with van der Waals surface area (Å²) in [6.45, 7) is 2.77. The lowest BCUT2D eigenvalue weighted by molar-refractivity contribution is 0.0946. The second-order valence-corrected chi connectivity index (χ2v) is 6.93. The lowest BCUT2D eigenvalue weighted by atomic mass is 10.0. The van der Waals surface area contributed by atoms with Crippen LogP contribution in [-0.2, 0) is 7.05 Å². The van der Waals surface area contributed by atoms with Gasteiger partial charge in [-0.2, -0.15) is 0 Å². The van der Waals surface area contributed by atoms with Gasteiger partial charge < -0.3 is 9.88 Å². The average Bonchev–Trinajstić information content (AvgIpc) is 2.88. The fourth-order valence-corrected chi connectivity index (χ4v) is 3.35. The molecule has 0 aliphatic rings. The lowest BCUT2D eigenvalue weighted by Crippen LogP contribution is -2.26. The van der Waals surface area contributed by atoms with E-state index in [9.17, 15) is 4.79 Å². The highest BCUT2D eigenvalue weighted by atomic mass is 35.5. The standard InChI is InChI=1S/C20H20Cl2N2O/c1-3-4-11-23-20(25)19-18(13-5-7-14(21)8-6-13)16-12-15(22)9-10-17(16)24(19)2/h5-10,12H,3-4,11H2,1-2H3,(H,23,25). The van der Waals surface area contributed by atoms with E-state index in [0.717, 1.165) is 34.9 Å². The van der Waals surface area contributed by atoms with Gasteiger partial charge in [-0.3, -0.25) is 4.79 Å². The molecule has 2 aromatic carbocycles. The molecule has 0 aliphatic carbocycles. The number of unbranched alkanes of at least 4 members (excludes halogenated alkanes) is 1. The normalized spacial score (nSPS) is 11.0. The SMILES string of the molecule is CCCCNC(=O)c1c(-c2ccc(Cl)cc2)c2cc(Cl)ccc2n1C. The zero-order chi connectivity index (χ0) is 18.0. The first-order chi connectivity index (χ1) is 12.0. The number of aryl methyl sites for hydroxylation is 1. The molecule has 3 nitrogen and oxygen atoms in total. The Morgan fingerprint density at radius 1 is 1.08 bits per heavy atom. The van der Waals surface area contributed by atoms with Crippen molar-refractivity contribution in [2.75, 3.05) is 6.54 Å². The Kier molecular flexibility index (Phi) is 5.36. The fourth-order valence-electron chi connectivity index (χ4n) is 3.05. The van der Waals surface area contributed by atoms with Gasteiger partial charge in [0.15, 0.2) is 0 Å². The van der Waals surface area contributed by atoms with E-state index in [2.05, 4.69) is 12.2 Å². The van der Waals surface area contributed by atoms with Crippen molar-refractivity contribution in [2.45, 2.75) is 19.8 Å². The minimum Gasteiger partial charge on any atom is -0.351 e. The molecule has 130 valence electrons. The predicted octanol–water partition coefficient (Wildman–Crippen LogP) is 5.68. The van der Waals surface area contributed by atoms with Crippen molar-refractivity contribution >= 4 is 40.0 Å². The third kappa shape index (κ3) is 3.53. The zero-order valence-electron chi connectivity index (χ0n) is 14.3. The number of carbonyl (C=O) groups is 1. The molecule has 0 unspecified atom stereocenters. The minimum absolute atomic E-state index is 0.0757. The molecule has 0 fully saturated rings. The van der Waals surface area contributed by atoms with Crippen LogP contribution in [0, 0.1) is 0 Å². The van der Waals surface area contributed by atoms with Crippen molar-refractivity contribution in [1.82, 2.24) is 9.88 Å². The van der Waals surface area contributed by atoms with E-state index >= 15 is 0 Å². The Morgan fingerprint density at radius 2 is 1.76 bits per heavy atom. The summed E-state index contributed by atoms with van der Waals surface area (Å²) < 4.78 is 1.93. The van der Waals surface area contributed by atoms with Gasteiger partial charge in [-0.1, -0.05) is 48.7 Å². The van der Waals surface area contributed by atoms with Crippen molar-refractivity contribution in [3.8, 4) is 11.1 Å². The number of nitrogens with one attached hydrogen (secondary N) is 1. The van der Waals surface area contributed by atoms with Crippen LogP contribution >= 0.6 is 23.2 Å². The van der Waals surface area contributed by atoms with Gasteiger partial charge in [0.05, 0.1) is 0 Å². The number of amides is 1. The molecule has 1 N–H and O–H groups in total. The monoisotopic (exact) mass is 374 g/mol. The Bertz CT molecular complexity index is 914. The van der Waals surface area contributed by atoms with E-state index in [1.807, 2.05) is 54.1 Å². The Morgan fingerprint density at radius 3 is 2.44 bits per heavy atom. The molecular weight excluding hydrogens is 355 g/mol. The van der Waals surface area contributed by atoms with Crippen molar-refractivity contribution in [2.24, 2.45) is 7.05 Å². The van der Waals surface area contributed by atoms with Gasteiger partial charge in [0.25, 0.3) is 5.91 Å². The van der Waals surface area contributed by atoms with Crippen LogP contribution in [0.2, 0.25) is 10.0 Å². The van der Waals surface area contributed by atoms with Gasteiger partial charge in [-0.15, -0.1) is 0 Å². The van der Waals surface area contributed by atoms with E-state index in [0.29, 0.717) is 22.3 Å². The molecule has 0 bridgehead atoms. The largest absolute Gasteiger partial charge is 0.351 e. The molecule has 0 radical (unpaired) electrons. The molecule has 0 aliphatic heterocycles. The Hall–Kier alpha value is -1.97. The number of benzene rings is 2. The molecule has 1 aromatic heterocycles. The third-order valence-electron chi connectivity index (χ3n) is 4.33. The number of hydrogen-bond donors (Lipinski definition) is 1. The van der Waals surface area contributed by atoms with Crippen LogP contribution in [0.15, 0.2) is 42.5 Å². The van der Waals surface area contributed by atoms with E-state index < -0.39 is 0 Å². The molecular formula is C20H20Cl2N2O. The number of rotatable bonds is 5. The zero-order valence-corrected chi connectivity index (χ0v) is 15.8. The van der Waals surface area contributed by atoms with Crippen molar-refractivity contribution in [3.05, 3.63) is 58.2 Å². The summed E-state index contributed by atoms with van der Waals surface area (Å²) in [5, 5.41) is 5.28. The summed E-state index contributed by atoms with van der Waals surface area (Å²) in [6, 6.07) is 13.2. The van der Waals surface area contributed by atoms with Gasteiger partial charge in [0, 0.05) is 40.1 Å². The molecule has 3 rings (SSSR count). The van der Waals surface area contributed by atoms with Gasteiger partial charge in [0.1, 0.15) is 5.69 Å². The van der Waals surface area contributed by atoms with Crippen LogP contribution in [0.4, 0.5) is 0 Å². The number of fused-ring (bicyclic) bond motifs is 1. The van der Waals surface area contributed by atoms with Crippen LogP contribution in [0.25, 0.3) is 22.0 Å². The number of carbonyl (C=O) groups excluding carboxylic acids is 1. The van der Waals surface area contributed by atoms with Gasteiger partial charge in [0.2, 0.25) is 0 Å². The third-order valence-corrected chi connectivity index (χ3v) is 4.81. The van der Waals surface area contributed by atoms with Crippen LogP contribution in [0.3, 0.4) is 0 Å². The Labute approximate surface area is 157 Å². The molecule has 25 heavy (non-hydrogen) atoms. The molecule has 0 spiro atoms. The molecule has 0 saturated carbocycles. The summed E-state index contributed by atoms with van der Waals surface area (Å²) in [5.41, 5.74) is 3.43. The summed E-state index contributed by atoms with van der Waals surface area (Å²) in [5.74, 6) is -0.0757. The maximum absolute atomic E-state index is 12.9. The summed E-state index contributed by atoms with van der Waals surface area (Å²) in [7, 11) is 1.91. The molecule has 0 atom stereocenters. The van der Waals surface area contributed by atoms with E-state index in [4.69, 9.17) is 23.2 Å². The first-order valence-corrected chi connectivity index (χ1v) is 9.10. The quantitative estimate of drug-likeness (QED) is 0.572. The predicted molar refractivity (Wildman–Crippen MR) is 106 cm³/mol. The van der Waals surface area contributed by atoms with Crippen molar-refractivity contribution < 1.29 is 4.79 Å². The van der Waals surface area contributed by atoms with Gasteiger partial charge in [-0.25, -0.2) is 0 Å². The van der Waals surface area contributed by atoms with Gasteiger partial charge in [-0.05, 0) is 42.3 Å². The van der Waals surface area contributed by atoms with E-state index in [1.165, 1.54) is 0 Å². The number of nitrogens with zero attached hydrogens (tertiary/aromatic N) is 1. The first kappa shape index (κ1) is 17.8. The average molecular weight is 375 g/mol. The highest BCUT2D eigenvalue weighted by Gasteiger charge is 2.22. The summed E-state index contributed by atoms with van der Waals surface area (Å²) in [4.78, 5) is 12.9. The highest BCUT2D eigenvalue weighted by molar-refractivity contribution is 6.32. The van der Waals surface area contributed by atoms with Gasteiger partial charge >= 0.3 is 0 Å². The maximum atomic E-state index is 12.9. The van der Waals surface area contributed by atoms with Crippen molar-refractivity contribution in [1.29, 1.82) is 0 Å². The topological polar surface area (TPSA) is 34.0 Å². The second kappa shape index (κ2) is 7.51. The molecule has 5 heteroatoms. The maximum Gasteiger partial charge on any atom is 0.268 e. The van der Waals surface area contributed by atoms with E-state index in [-0.39, 0.29) is 5.91 Å². The smallest absolute Gasteiger partial charge is 0.268 e. The number of hydrogen-bond acceptors (Lipinski definition) is 1.